The summed E-state index contributed by atoms with van der Waals surface area (Å²) in [5, 5.41) is 6.02. The van der Waals surface area contributed by atoms with Crippen LogP contribution in [-0.2, 0) is 16.1 Å². The number of ether oxygens (including phenoxy) is 1. The first-order chi connectivity index (χ1) is 8.48. The van der Waals surface area contributed by atoms with Gasteiger partial charge in [-0.25, -0.2) is 0 Å². The van der Waals surface area contributed by atoms with Crippen molar-refractivity contribution in [3.8, 4) is 0 Å². The van der Waals surface area contributed by atoms with Crippen LogP contribution < -0.4 is 10.6 Å². The van der Waals surface area contributed by atoms with E-state index in [1.54, 1.807) is 11.3 Å². The maximum atomic E-state index is 11.6. The topological polar surface area (TPSA) is 50.4 Å². The van der Waals surface area contributed by atoms with Crippen LogP contribution in [0.4, 0.5) is 0 Å². The maximum absolute atomic E-state index is 11.6. The van der Waals surface area contributed by atoms with E-state index >= 15 is 0 Å². The Morgan fingerprint density at radius 3 is 2.78 bits per heavy atom. The molecule has 2 heterocycles. The van der Waals surface area contributed by atoms with Gasteiger partial charge in [-0.15, -0.1) is 11.3 Å². The Morgan fingerprint density at radius 2 is 2.28 bits per heavy atom. The van der Waals surface area contributed by atoms with E-state index in [-0.39, 0.29) is 18.1 Å². The van der Waals surface area contributed by atoms with Gasteiger partial charge in [-0.1, -0.05) is 0 Å². The lowest BCUT2D eigenvalue weighted by Gasteiger charge is -2.38. The van der Waals surface area contributed by atoms with E-state index < -0.39 is 0 Å². The second-order valence-electron chi connectivity index (χ2n) is 5.07. The molecule has 0 aliphatic carbocycles. The van der Waals surface area contributed by atoms with E-state index in [4.69, 9.17) is 4.74 Å². The summed E-state index contributed by atoms with van der Waals surface area (Å²) in [5.74, 6) is -0.0492. The fourth-order valence-electron chi connectivity index (χ4n) is 1.79. The van der Waals surface area contributed by atoms with Crippen molar-refractivity contribution < 1.29 is 9.53 Å². The van der Waals surface area contributed by atoms with Gasteiger partial charge in [-0.2, -0.15) is 0 Å². The molecule has 0 radical (unpaired) electrons. The third-order valence-corrected chi connectivity index (χ3v) is 4.38. The molecule has 1 aromatic heterocycles. The van der Waals surface area contributed by atoms with Crippen molar-refractivity contribution >= 4 is 17.2 Å². The Labute approximate surface area is 112 Å². The van der Waals surface area contributed by atoms with Crippen LogP contribution in [0.2, 0.25) is 0 Å². The van der Waals surface area contributed by atoms with Crippen LogP contribution in [-0.4, -0.2) is 31.2 Å². The normalized spacial score (nSPS) is 17.3. The van der Waals surface area contributed by atoms with Crippen LogP contribution in [0.15, 0.2) is 6.07 Å². The summed E-state index contributed by atoms with van der Waals surface area (Å²) in [6.45, 7) is 8.58. The lowest BCUT2D eigenvalue weighted by atomic mass is 10.0. The molecule has 4 nitrogen and oxygen atoms in total. The predicted octanol–water partition coefficient (Wildman–Crippen LogP) is 1.36. The highest BCUT2D eigenvalue weighted by Gasteiger charge is 2.32. The highest BCUT2D eigenvalue weighted by Crippen LogP contribution is 2.20. The van der Waals surface area contributed by atoms with E-state index in [1.165, 1.54) is 15.3 Å². The SMILES string of the molecule is Cc1cc(CNC(=O)COC2(C)CNC2)sc1C. The van der Waals surface area contributed by atoms with Crippen LogP contribution in [0, 0.1) is 13.8 Å². The monoisotopic (exact) mass is 268 g/mol. The minimum absolute atomic E-state index is 0.0492. The Morgan fingerprint density at radius 1 is 1.56 bits per heavy atom. The van der Waals surface area contributed by atoms with Crippen LogP contribution in [0.1, 0.15) is 22.2 Å². The van der Waals surface area contributed by atoms with Crippen molar-refractivity contribution in [1.82, 2.24) is 10.6 Å². The second-order valence-corrected chi connectivity index (χ2v) is 6.41. The maximum Gasteiger partial charge on any atom is 0.246 e. The summed E-state index contributed by atoms with van der Waals surface area (Å²) in [6.07, 6.45) is 0. The Balaban J connectivity index is 1.71. The van der Waals surface area contributed by atoms with Gasteiger partial charge in [0.05, 0.1) is 12.1 Å². The molecule has 1 aliphatic rings. The summed E-state index contributed by atoms with van der Waals surface area (Å²) in [4.78, 5) is 14.1. The molecular weight excluding hydrogens is 248 g/mol. The first-order valence-electron chi connectivity index (χ1n) is 6.16. The molecule has 1 fully saturated rings. The average Bonchev–Trinajstić information content (AvgIpc) is 2.61. The van der Waals surface area contributed by atoms with Gasteiger partial charge in [-0.3, -0.25) is 4.79 Å². The van der Waals surface area contributed by atoms with Crippen molar-refractivity contribution in [2.24, 2.45) is 0 Å². The van der Waals surface area contributed by atoms with Gasteiger partial charge in [0.2, 0.25) is 5.91 Å². The van der Waals surface area contributed by atoms with Gasteiger partial charge in [0.25, 0.3) is 0 Å². The Bertz CT molecular complexity index is 419. The molecule has 2 rings (SSSR count). The van der Waals surface area contributed by atoms with Crippen LogP contribution in [0.5, 0.6) is 0 Å². The minimum Gasteiger partial charge on any atom is -0.363 e. The fourth-order valence-corrected chi connectivity index (χ4v) is 2.79. The Kier molecular flexibility index (Phi) is 4.04. The molecule has 0 atom stereocenters. The summed E-state index contributed by atoms with van der Waals surface area (Å²) in [5.41, 5.74) is 1.13. The van der Waals surface area contributed by atoms with E-state index in [9.17, 15) is 4.79 Å². The third-order valence-electron chi connectivity index (χ3n) is 3.23. The lowest BCUT2D eigenvalue weighted by molar-refractivity contribution is -0.135. The fraction of sp³-hybridized carbons (Fsp3) is 0.615. The number of amides is 1. The van der Waals surface area contributed by atoms with Crippen molar-refractivity contribution in [3.63, 3.8) is 0 Å². The van der Waals surface area contributed by atoms with Crippen molar-refractivity contribution in [2.75, 3.05) is 19.7 Å². The minimum atomic E-state index is -0.159. The molecule has 1 amide bonds. The zero-order chi connectivity index (χ0) is 13.2. The largest absolute Gasteiger partial charge is 0.363 e. The van der Waals surface area contributed by atoms with Crippen LogP contribution in [0.3, 0.4) is 0 Å². The zero-order valence-electron chi connectivity index (χ0n) is 11.1. The first-order valence-corrected chi connectivity index (χ1v) is 6.97. The van der Waals surface area contributed by atoms with Crippen molar-refractivity contribution in [3.05, 3.63) is 21.4 Å². The van der Waals surface area contributed by atoms with Gasteiger partial charge < -0.3 is 15.4 Å². The van der Waals surface area contributed by atoms with E-state index in [2.05, 4.69) is 30.5 Å². The zero-order valence-corrected chi connectivity index (χ0v) is 11.9. The number of aryl methyl sites for hydroxylation is 2. The summed E-state index contributed by atoms with van der Waals surface area (Å²) in [7, 11) is 0. The van der Waals surface area contributed by atoms with Crippen molar-refractivity contribution in [1.29, 1.82) is 0 Å². The molecule has 0 spiro atoms. The smallest absolute Gasteiger partial charge is 0.246 e. The molecule has 2 N–H and O–H groups in total. The first kappa shape index (κ1) is 13.5. The predicted molar refractivity (Wildman–Crippen MR) is 72.9 cm³/mol. The number of carbonyl (C=O) groups excluding carboxylic acids is 1. The number of hydrogen-bond acceptors (Lipinski definition) is 4. The molecule has 0 saturated carbocycles. The molecule has 100 valence electrons. The van der Waals surface area contributed by atoms with Gasteiger partial charge in [0, 0.05) is 22.8 Å². The quantitative estimate of drug-likeness (QED) is 0.848. The van der Waals surface area contributed by atoms with E-state index in [0.29, 0.717) is 6.54 Å². The van der Waals surface area contributed by atoms with Crippen LogP contribution >= 0.6 is 11.3 Å². The van der Waals surface area contributed by atoms with E-state index in [1.807, 2.05) is 6.92 Å². The Hall–Kier alpha value is -0.910. The number of hydrogen-bond donors (Lipinski definition) is 2. The van der Waals surface area contributed by atoms with Crippen LogP contribution in [0.25, 0.3) is 0 Å². The third kappa shape index (κ3) is 3.31. The number of rotatable bonds is 5. The highest BCUT2D eigenvalue weighted by atomic mass is 32.1. The molecule has 18 heavy (non-hydrogen) atoms. The number of carbonyl (C=O) groups is 1. The standard InChI is InChI=1S/C13H20N2O2S/c1-9-4-11(18-10(9)2)5-15-12(16)6-17-13(3)7-14-8-13/h4,14H,5-8H2,1-3H3,(H,15,16). The van der Waals surface area contributed by atoms with Gasteiger partial charge in [0.1, 0.15) is 6.61 Å². The molecule has 1 aromatic rings. The second kappa shape index (κ2) is 5.38. The highest BCUT2D eigenvalue weighted by molar-refractivity contribution is 7.12. The summed E-state index contributed by atoms with van der Waals surface area (Å²) in [6, 6.07) is 2.12. The average molecular weight is 268 g/mol. The summed E-state index contributed by atoms with van der Waals surface area (Å²) >= 11 is 1.73. The van der Waals surface area contributed by atoms with Gasteiger partial charge >= 0.3 is 0 Å². The molecule has 1 aliphatic heterocycles. The van der Waals surface area contributed by atoms with Crippen molar-refractivity contribution in [2.45, 2.75) is 32.9 Å². The molecular formula is C13H20N2O2S. The number of thiophene rings is 1. The molecule has 0 aromatic carbocycles. The van der Waals surface area contributed by atoms with E-state index in [0.717, 1.165) is 13.1 Å². The molecule has 0 unspecified atom stereocenters. The summed E-state index contributed by atoms with van der Waals surface area (Å²) < 4.78 is 5.57. The lowest BCUT2D eigenvalue weighted by Crippen LogP contribution is -2.59. The van der Waals surface area contributed by atoms with Gasteiger partial charge in [0.15, 0.2) is 0 Å². The molecule has 1 saturated heterocycles. The molecule has 5 heteroatoms. The molecule has 0 bridgehead atoms. The van der Waals surface area contributed by atoms with Gasteiger partial charge in [-0.05, 0) is 32.4 Å². The number of nitrogens with one attached hydrogen (secondary N) is 2.